The molecule has 0 aliphatic rings. The Morgan fingerprint density at radius 2 is 2.20 bits per heavy atom. The number of amides is 1. The molecule has 1 aromatic carbocycles. The van der Waals surface area contributed by atoms with E-state index in [-0.39, 0.29) is 18.2 Å². The van der Waals surface area contributed by atoms with Gasteiger partial charge in [0.05, 0.1) is 12.2 Å². The molecule has 0 saturated carbocycles. The van der Waals surface area contributed by atoms with Crippen LogP contribution in [0.4, 0.5) is 5.69 Å². The van der Waals surface area contributed by atoms with Crippen molar-refractivity contribution < 1.29 is 9.90 Å². The predicted molar refractivity (Wildman–Crippen MR) is 60.4 cm³/mol. The van der Waals surface area contributed by atoms with E-state index in [0.717, 1.165) is 0 Å². The average Bonchev–Trinajstić information content (AvgIpc) is 2.13. The summed E-state index contributed by atoms with van der Waals surface area (Å²) in [5.74, 6) is -0.182. The maximum absolute atomic E-state index is 11.3. The van der Waals surface area contributed by atoms with E-state index in [2.05, 4.69) is 10.6 Å². The topological polar surface area (TPSA) is 61.4 Å². The second kappa shape index (κ2) is 5.00. The summed E-state index contributed by atoms with van der Waals surface area (Å²) in [5, 5.41) is 15.4. The highest BCUT2D eigenvalue weighted by Crippen LogP contribution is 2.30. The quantitative estimate of drug-likeness (QED) is 0.688. The second-order valence-corrected chi connectivity index (χ2v) is 3.63. The largest absolute Gasteiger partial charge is 0.505 e. The summed E-state index contributed by atoms with van der Waals surface area (Å²) in [6, 6.07) is 3.14. The monoisotopic (exact) mass is 228 g/mol. The van der Waals surface area contributed by atoms with Crippen molar-refractivity contribution in [3.8, 4) is 5.75 Å². The van der Waals surface area contributed by atoms with Gasteiger partial charge in [-0.05, 0) is 31.7 Å². The number of likely N-dealkylation sites (N-methyl/N-ethyl adjacent to an activating group) is 1. The van der Waals surface area contributed by atoms with Crippen LogP contribution in [0, 0.1) is 6.92 Å². The molecular weight excluding hydrogens is 216 g/mol. The first-order valence-electron chi connectivity index (χ1n) is 4.48. The molecule has 1 amide bonds. The number of nitrogens with one attached hydrogen (secondary N) is 2. The van der Waals surface area contributed by atoms with Crippen LogP contribution < -0.4 is 10.6 Å². The van der Waals surface area contributed by atoms with Crippen molar-refractivity contribution in [3.05, 3.63) is 22.7 Å². The van der Waals surface area contributed by atoms with Crippen molar-refractivity contribution in [2.24, 2.45) is 0 Å². The minimum atomic E-state index is -0.227. The molecule has 0 bridgehead atoms. The Balaban J connectivity index is 2.89. The third kappa shape index (κ3) is 3.11. The first-order valence-corrected chi connectivity index (χ1v) is 4.86. The molecule has 4 nitrogen and oxygen atoms in total. The van der Waals surface area contributed by atoms with Crippen molar-refractivity contribution in [2.75, 3.05) is 18.9 Å². The van der Waals surface area contributed by atoms with Crippen LogP contribution in [0.1, 0.15) is 5.56 Å². The molecule has 0 fully saturated rings. The molecule has 0 spiro atoms. The first kappa shape index (κ1) is 11.8. The van der Waals surface area contributed by atoms with E-state index in [0.29, 0.717) is 16.3 Å². The molecule has 0 atom stereocenters. The maximum atomic E-state index is 11.3. The van der Waals surface area contributed by atoms with Gasteiger partial charge in [0.15, 0.2) is 0 Å². The summed E-state index contributed by atoms with van der Waals surface area (Å²) < 4.78 is 0. The van der Waals surface area contributed by atoms with Crippen LogP contribution in [0.3, 0.4) is 0 Å². The van der Waals surface area contributed by atoms with Gasteiger partial charge in [-0.3, -0.25) is 4.79 Å². The number of benzene rings is 1. The molecule has 15 heavy (non-hydrogen) atoms. The number of halogens is 1. The van der Waals surface area contributed by atoms with Gasteiger partial charge < -0.3 is 15.7 Å². The zero-order valence-corrected chi connectivity index (χ0v) is 9.35. The van der Waals surface area contributed by atoms with E-state index in [1.165, 1.54) is 6.07 Å². The van der Waals surface area contributed by atoms with Crippen molar-refractivity contribution in [1.82, 2.24) is 5.32 Å². The van der Waals surface area contributed by atoms with E-state index in [1.54, 1.807) is 20.0 Å². The van der Waals surface area contributed by atoms with Crippen molar-refractivity contribution in [1.29, 1.82) is 0 Å². The normalized spacial score (nSPS) is 10.1. The van der Waals surface area contributed by atoms with Gasteiger partial charge in [-0.1, -0.05) is 11.6 Å². The highest BCUT2D eigenvalue weighted by Gasteiger charge is 2.08. The molecule has 1 rings (SSSR count). The van der Waals surface area contributed by atoms with Crippen LogP contribution in [0.2, 0.25) is 5.02 Å². The molecule has 3 N–H and O–H groups in total. The number of hydrogen-bond acceptors (Lipinski definition) is 3. The van der Waals surface area contributed by atoms with Crippen molar-refractivity contribution in [2.45, 2.75) is 6.92 Å². The number of carbonyl (C=O) groups is 1. The molecule has 0 heterocycles. The smallest absolute Gasteiger partial charge is 0.238 e. The number of hydrogen-bond donors (Lipinski definition) is 3. The Morgan fingerprint density at radius 3 is 2.80 bits per heavy atom. The Hall–Kier alpha value is -1.26. The van der Waals surface area contributed by atoms with E-state index in [1.807, 2.05) is 0 Å². The highest BCUT2D eigenvalue weighted by atomic mass is 35.5. The molecule has 1 aromatic rings. The van der Waals surface area contributed by atoms with Crippen LogP contribution in [0.5, 0.6) is 5.75 Å². The van der Waals surface area contributed by atoms with Crippen molar-refractivity contribution in [3.63, 3.8) is 0 Å². The Kier molecular flexibility index (Phi) is 3.94. The molecule has 0 aromatic heterocycles. The Morgan fingerprint density at radius 1 is 1.53 bits per heavy atom. The summed E-state index contributed by atoms with van der Waals surface area (Å²) in [6.45, 7) is 1.90. The minimum Gasteiger partial charge on any atom is -0.505 e. The standard InChI is InChI=1S/C10H13ClN2O2/c1-6-3-7(11)4-8(10(6)15)13-9(14)5-12-2/h3-4,12,15H,5H2,1-2H3,(H,13,14). The van der Waals surface area contributed by atoms with Crippen LogP contribution >= 0.6 is 11.6 Å². The number of aromatic hydroxyl groups is 1. The lowest BCUT2D eigenvalue weighted by atomic mass is 10.2. The van der Waals surface area contributed by atoms with Gasteiger partial charge in [-0.2, -0.15) is 0 Å². The lowest BCUT2D eigenvalue weighted by Gasteiger charge is -2.09. The summed E-state index contributed by atoms with van der Waals surface area (Å²) in [7, 11) is 1.67. The highest BCUT2D eigenvalue weighted by molar-refractivity contribution is 6.31. The van der Waals surface area contributed by atoms with Crippen LogP contribution in [-0.4, -0.2) is 24.6 Å². The van der Waals surface area contributed by atoms with E-state index in [4.69, 9.17) is 11.6 Å². The van der Waals surface area contributed by atoms with Crippen LogP contribution in [0.25, 0.3) is 0 Å². The summed E-state index contributed by atoms with van der Waals surface area (Å²) in [4.78, 5) is 11.3. The number of phenolic OH excluding ortho intramolecular Hbond substituents is 1. The lowest BCUT2D eigenvalue weighted by molar-refractivity contribution is -0.115. The molecule has 82 valence electrons. The predicted octanol–water partition coefficient (Wildman–Crippen LogP) is 1.51. The van der Waals surface area contributed by atoms with Gasteiger partial charge in [0.1, 0.15) is 5.75 Å². The third-order valence-electron chi connectivity index (χ3n) is 1.88. The number of anilines is 1. The fraction of sp³-hybridized carbons (Fsp3) is 0.300. The summed E-state index contributed by atoms with van der Waals surface area (Å²) >= 11 is 5.80. The fourth-order valence-electron chi connectivity index (χ4n) is 1.19. The zero-order chi connectivity index (χ0) is 11.4. The number of phenols is 1. The fourth-order valence-corrected chi connectivity index (χ4v) is 1.46. The van der Waals surface area contributed by atoms with E-state index < -0.39 is 0 Å². The van der Waals surface area contributed by atoms with Crippen LogP contribution in [-0.2, 0) is 4.79 Å². The average molecular weight is 229 g/mol. The minimum absolute atomic E-state index is 0.0452. The van der Waals surface area contributed by atoms with Gasteiger partial charge in [0, 0.05) is 5.02 Å². The van der Waals surface area contributed by atoms with Gasteiger partial charge in [0.2, 0.25) is 5.91 Å². The lowest BCUT2D eigenvalue weighted by Crippen LogP contribution is -2.25. The molecule has 0 aliphatic carbocycles. The number of rotatable bonds is 3. The number of carbonyl (C=O) groups excluding carboxylic acids is 1. The van der Waals surface area contributed by atoms with E-state index >= 15 is 0 Å². The van der Waals surface area contributed by atoms with E-state index in [9.17, 15) is 9.90 Å². The molecule has 0 radical (unpaired) electrons. The van der Waals surface area contributed by atoms with Gasteiger partial charge in [0.25, 0.3) is 0 Å². The van der Waals surface area contributed by atoms with Gasteiger partial charge in [-0.25, -0.2) is 0 Å². The molecule has 0 aliphatic heterocycles. The first-order chi connectivity index (χ1) is 7.04. The van der Waals surface area contributed by atoms with Crippen LogP contribution in [0.15, 0.2) is 12.1 Å². The Bertz CT molecular complexity index is 380. The molecule has 0 saturated heterocycles. The van der Waals surface area contributed by atoms with Crippen molar-refractivity contribution >= 4 is 23.2 Å². The zero-order valence-electron chi connectivity index (χ0n) is 8.60. The summed E-state index contributed by atoms with van der Waals surface area (Å²) in [5.41, 5.74) is 0.961. The summed E-state index contributed by atoms with van der Waals surface area (Å²) in [6.07, 6.45) is 0. The van der Waals surface area contributed by atoms with Gasteiger partial charge >= 0.3 is 0 Å². The molecule has 5 heteroatoms. The third-order valence-corrected chi connectivity index (χ3v) is 2.09. The van der Waals surface area contributed by atoms with Gasteiger partial charge in [-0.15, -0.1) is 0 Å². The maximum Gasteiger partial charge on any atom is 0.238 e. The molecule has 0 unspecified atom stereocenters. The Labute approximate surface area is 93.2 Å². The second-order valence-electron chi connectivity index (χ2n) is 3.20. The number of aryl methyl sites for hydroxylation is 1. The molecular formula is C10H13ClN2O2. The SMILES string of the molecule is CNCC(=O)Nc1cc(Cl)cc(C)c1O.